The Kier molecular flexibility index (Phi) is 3.10. The largest absolute Gasteiger partial charge is 0.0649 e. The van der Waals surface area contributed by atoms with Crippen molar-refractivity contribution in [1.82, 2.24) is 0 Å². The molecule has 0 fully saturated rings. The van der Waals surface area contributed by atoms with E-state index in [9.17, 15) is 0 Å². The van der Waals surface area contributed by atoms with Gasteiger partial charge in [0, 0.05) is 0 Å². The number of rotatable bonds is 3. The zero-order chi connectivity index (χ0) is 12.7. The van der Waals surface area contributed by atoms with E-state index in [-0.39, 0.29) is 0 Å². The van der Waals surface area contributed by atoms with Gasteiger partial charge in [-0.2, -0.15) is 0 Å². The highest BCUT2D eigenvalue weighted by Gasteiger charge is 2.40. The molecule has 0 saturated carbocycles. The zero-order valence-electron chi connectivity index (χ0n) is 12.0. The Morgan fingerprint density at radius 1 is 1.24 bits per heavy atom. The predicted octanol–water partition coefficient (Wildman–Crippen LogP) is 5.18. The Balaban J connectivity index is 2.32. The van der Waals surface area contributed by atoms with E-state index in [1.165, 1.54) is 19.3 Å². The smallest absolute Gasteiger partial charge is 0.00996 e. The summed E-state index contributed by atoms with van der Waals surface area (Å²) in [5.41, 5.74) is 4.07. The van der Waals surface area contributed by atoms with Crippen molar-refractivity contribution < 1.29 is 0 Å². The Morgan fingerprint density at radius 2 is 1.88 bits per heavy atom. The van der Waals surface area contributed by atoms with Crippen molar-refractivity contribution >= 4 is 0 Å². The van der Waals surface area contributed by atoms with Gasteiger partial charge in [-0.15, -0.1) is 0 Å². The van der Waals surface area contributed by atoms with Crippen molar-refractivity contribution in [3.63, 3.8) is 0 Å². The molecule has 1 atom stereocenters. The second kappa shape index (κ2) is 4.15. The van der Waals surface area contributed by atoms with Crippen molar-refractivity contribution in [1.29, 1.82) is 0 Å². The SMILES string of the molecule is CCC(C)(C)CC1c2ccccc2CC1(C)C. The molecule has 2 rings (SSSR count). The van der Waals surface area contributed by atoms with Gasteiger partial charge >= 0.3 is 0 Å². The lowest BCUT2D eigenvalue weighted by atomic mass is 9.70. The molecule has 0 saturated heterocycles. The van der Waals surface area contributed by atoms with E-state index in [0.29, 0.717) is 10.8 Å². The van der Waals surface area contributed by atoms with Gasteiger partial charge in [0.15, 0.2) is 0 Å². The first kappa shape index (κ1) is 12.7. The van der Waals surface area contributed by atoms with Crippen LogP contribution in [-0.2, 0) is 6.42 Å². The number of fused-ring (bicyclic) bond motifs is 1. The first-order valence-electron chi connectivity index (χ1n) is 6.93. The summed E-state index contributed by atoms with van der Waals surface area (Å²) in [6, 6.07) is 9.05. The van der Waals surface area contributed by atoms with Crippen LogP contribution in [0.2, 0.25) is 0 Å². The Morgan fingerprint density at radius 3 is 2.53 bits per heavy atom. The average Bonchev–Trinajstić information content (AvgIpc) is 2.50. The van der Waals surface area contributed by atoms with Gasteiger partial charge in [0.25, 0.3) is 0 Å². The molecule has 0 aromatic heterocycles. The third-order valence-electron chi connectivity index (χ3n) is 4.73. The van der Waals surface area contributed by atoms with Gasteiger partial charge in [-0.25, -0.2) is 0 Å². The van der Waals surface area contributed by atoms with Gasteiger partial charge in [0.05, 0.1) is 0 Å². The maximum atomic E-state index is 2.43. The molecule has 0 heteroatoms. The van der Waals surface area contributed by atoms with Crippen LogP contribution in [0.4, 0.5) is 0 Å². The fourth-order valence-electron chi connectivity index (χ4n) is 3.15. The standard InChI is InChI=1S/C17H26/c1-6-16(2,3)12-15-14-10-8-7-9-13(14)11-17(15,4)5/h7-10,15H,6,11-12H2,1-5H3. The van der Waals surface area contributed by atoms with Crippen LogP contribution in [0, 0.1) is 10.8 Å². The van der Waals surface area contributed by atoms with Crippen molar-refractivity contribution in [2.45, 2.75) is 59.8 Å². The van der Waals surface area contributed by atoms with E-state index in [1.54, 1.807) is 11.1 Å². The van der Waals surface area contributed by atoms with Crippen LogP contribution in [0.25, 0.3) is 0 Å². The summed E-state index contributed by atoms with van der Waals surface area (Å²) in [5.74, 6) is 0.730. The summed E-state index contributed by atoms with van der Waals surface area (Å²) in [7, 11) is 0. The lowest BCUT2D eigenvalue weighted by molar-refractivity contribution is 0.209. The van der Waals surface area contributed by atoms with E-state index >= 15 is 0 Å². The van der Waals surface area contributed by atoms with E-state index < -0.39 is 0 Å². The van der Waals surface area contributed by atoms with Gasteiger partial charge in [-0.05, 0) is 40.7 Å². The molecule has 0 heterocycles. The minimum atomic E-state index is 0.427. The molecule has 0 amide bonds. The molecule has 0 nitrogen and oxygen atoms in total. The van der Waals surface area contributed by atoms with Crippen LogP contribution >= 0.6 is 0 Å². The summed E-state index contributed by atoms with van der Waals surface area (Å²) >= 11 is 0. The lowest BCUT2D eigenvalue weighted by Crippen LogP contribution is -2.24. The molecule has 0 N–H and O–H groups in total. The number of hydrogen-bond acceptors (Lipinski definition) is 0. The summed E-state index contributed by atoms with van der Waals surface area (Å²) in [6.07, 6.45) is 3.82. The highest BCUT2D eigenvalue weighted by atomic mass is 14.4. The van der Waals surface area contributed by atoms with Crippen LogP contribution in [0.15, 0.2) is 24.3 Å². The Labute approximate surface area is 106 Å². The summed E-state index contributed by atoms with van der Waals surface area (Å²) in [5, 5.41) is 0. The van der Waals surface area contributed by atoms with E-state index in [0.717, 1.165) is 5.92 Å². The average molecular weight is 230 g/mol. The van der Waals surface area contributed by atoms with Gasteiger partial charge in [0.2, 0.25) is 0 Å². The van der Waals surface area contributed by atoms with Crippen molar-refractivity contribution in [2.75, 3.05) is 0 Å². The van der Waals surface area contributed by atoms with Crippen LogP contribution < -0.4 is 0 Å². The molecule has 0 aliphatic heterocycles. The van der Waals surface area contributed by atoms with Crippen LogP contribution in [0.3, 0.4) is 0 Å². The van der Waals surface area contributed by atoms with E-state index in [2.05, 4.69) is 58.9 Å². The predicted molar refractivity (Wildman–Crippen MR) is 75.4 cm³/mol. The third-order valence-corrected chi connectivity index (χ3v) is 4.73. The minimum absolute atomic E-state index is 0.427. The fourth-order valence-corrected chi connectivity index (χ4v) is 3.15. The molecule has 0 radical (unpaired) electrons. The van der Waals surface area contributed by atoms with Crippen LogP contribution in [-0.4, -0.2) is 0 Å². The molecule has 1 aromatic carbocycles. The van der Waals surface area contributed by atoms with Gasteiger partial charge in [0.1, 0.15) is 0 Å². The highest BCUT2D eigenvalue weighted by molar-refractivity contribution is 5.38. The molecule has 0 spiro atoms. The van der Waals surface area contributed by atoms with E-state index in [4.69, 9.17) is 0 Å². The monoisotopic (exact) mass is 230 g/mol. The molecule has 1 aromatic rings. The second-order valence-electron chi connectivity index (χ2n) is 7.14. The zero-order valence-corrected chi connectivity index (χ0v) is 12.0. The van der Waals surface area contributed by atoms with Crippen molar-refractivity contribution in [3.05, 3.63) is 35.4 Å². The molecule has 1 aliphatic carbocycles. The molecule has 1 unspecified atom stereocenters. The maximum absolute atomic E-state index is 2.43. The first-order valence-corrected chi connectivity index (χ1v) is 6.93. The van der Waals surface area contributed by atoms with Crippen molar-refractivity contribution in [2.24, 2.45) is 10.8 Å². The highest BCUT2D eigenvalue weighted by Crippen LogP contribution is 2.51. The van der Waals surface area contributed by atoms with E-state index in [1.807, 2.05) is 0 Å². The Hall–Kier alpha value is -0.780. The summed E-state index contributed by atoms with van der Waals surface area (Å²) in [4.78, 5) is 0. The van der Waals surface area contributed by atoms with Gasteiger partial charge in [-0.3, -0.25) is 0 Å². The third kappa shape index (κ3) is 2.41. The molecule has 1 aliphatic rings. The van der Waals surface area contributed by atoms with Crippen LogP contribution in [0.1, 0.15) is 64.5 Å². The molecular formula is C17H26. The molecule has 0 bridgehead atoms. The van der Waals surface area contributed by atoms with Gasteiger partial charge in [-0.1, -0.05) is 65.3 Å². The topological polar surface area (TPSA) is 0 Å². The van der Waals surface area contributed by atoms with Crippen LogP contribution in [0.5, 0.6) is 0 Å². The minimum Gasteiger partial charge on any atom is -0.0649 e. The van der Waals surface area contributed by atoms with Gasteiger partial charge < -0.3 is 0 Å². The Bertz CT molecular complexity index is 398. The lowest BCUT2D eigenvalue weighted by Gasteiger charge is -2.34. The summed E-state index contributed by atoms with van der Waals surface area (Å²) in [6.45, 7) is 12.0. The quantitative estimate of drug-likeness (QED) is 0.671. The summed E-state index contributed by atoms with van der Waals surface area (Å²) < 4.78 is 0. The fraction of sp³-hybridized carbons (Fsp3) is 0.647. The molecule has 94 valence electrons. The number of hydrogen-bond donors (Lipinski definition) is 0. The number of benzene rings is 1. The normalized spacial score (nSPS) is 22.5. The van der Waals surface area contributed by atoms with Crippen molar-refractivity contribution in [3.8, 4) is 0 Å². The molecule has 17 heavy (non-hydrogen) atoms. The first-order chi connectivity index (χ1) is 7.86. The maximum Gasteiger partial charge on any atom is -0.00996 e. The molecular weight excluding hydrogens is 204 g/mol. The second-order valence-corrected chi connectivity index (χ2v) is 7.14.